The average molecular weight is 1030 g/mol. The fraction of sp³-hybridized carbons (Fsp3) is 0.549. The van der Waals surface area contributed by atoms with E-state index in [1.54, 1.807) is 17.0 Å². The Labute approximate surface area is 426 Å². The van der Waals surface area contributed by atoms with Gasteiger partial charge in [-0.05, 0) is 90.8 Å². The summed E-state index contributed by atoms with van der Waals surface area (Å²) in [6.45, 7) is 7.95. The topological polar surface area (TPSA) is 234 Å². The number of piperidine rings is 2. The van der Waals surface area contributed by atoms with E-state index in [0.717, 1.165) is 28.7 Å². The van der Waals surface area contributed by atoms with Crippen LogP contribution in [0, 0.1) is 5.82 Å². The summed E-state index contributed by atoms with van der Waals surface area (Å²) >= 11 is 0. The molecule has 1 aromatic heterocycles. The Bertz CT molecular complexity index is 2710. The van der Waals surface area contributed by atoms with Gasteiger partial charge in [0.15, 0.2) is 5.82 Å². The van der Waals surface area contributed by atoms with Crippen LogP contribution >= 0.6 is 0 Å². The number of nitrogens with zero attached hydrogens (tertiary/aromatic N) is 6. The second-order valence-corrected chi connectivity index (χ2v) is 20.6. The van der Waals surface area contributed by atoms with E-state index in [9.17, 15) is 33.6 Å². The second kappa shape index (κ2) is 21.5. The summed E-state index contributed by atoms with van der Waals surface area (Å²) in [5.74, 6) is -8.92. The Morgan fingerprint density at radius 3 is 2.34 bits per heavy atom. The molecule has 2 saturated heterocycles. The van der Waals surface area contributed by atoms with Crippen LogP contribution in [0.15, 0.2) is 36.5 Å². The van der Waals surface area contributed by atoms with E-state index in [-0.39, 0.29) is 83.0 Å². The van der Waals surface area contributed by atoms with Crippen molar-refractivity contribution in [3.05, 3.63) is 59.0 Å². The van der Waals surface area contributed by atoms with Gasteiger partial charge in [-0.25, -0.2) is 9.37 Å². The minimum Gasteiger partial charge on any atom is -0.495 e. The van der Waals surface area contributed by atoms with Gasteiger partial charge >= 0.3 is 5.92 Å². The zero-order valence-electron chi connectivity index (χ0n) is 42.4. The van der Waals surface area contributed by atoms with Gasteiger partial charge in [-0.1, -0.05) is 18.9 Å². The summed E-state index contributed by atoms with van der Waals surface area (Å²) in [5, 5.41) is 11.2. The molecule has 8 rings (SSSR count). The van der Waals surface area contributed by atoms with Gasteiger partial charge in [-0.15, -0.1) is 0 Å². The maximum absolute atomic E-state index is 15.7. The third kappa shape index (κ3) is 11.6. The molecule has 2 aromatic carbocycles. The van der Waals surface area contributed by atoms with E-state index in [2.05, 4.69) is 31.2 Å². The number of likely N-dealkylation sites (tertiary alicyclic amines) is 1. The molecule has 3 aromatic rings. The highest BCUT2D eigenvalue weighted by Crippen LogP contribution is 2.41. The van der Waals surface area contributed by atoms with Crippen molar-refractivity contribution in [1.82, 2.24) is 30.4 Å². The smallest absolute Gasteiger partial charge is 0.342 e. The van der Waals surface area contributed by atoms with Crippen LogP contribution in [-0.2, 0) is 28.7 Å². The standard InChI is InChI=1S/C51H63F3N10O10/c1-49(2,18-20-55-34-13-9-12-31-41(34)46(70)64(45(31)69)36-14-15-39(65)59-44(36)68)73-23-19-50(3,4)74-27-40(66)62-21-16-29(17-22-62)57-43(67)32-24-38(72-6)35(25-33(32)52)58-48-56-26-37-42(60-48)63(30-10-7-8-11-30)28-51(53,54)47(71)61(37)5/h9,12-13,24-26,29-30,36,55H,7-8,10-11,14-23,27-28H2,1-6H3,(H,57,67)(H,56,58,60)(H,59,65,68). The predicted octanol–water partition coefficient (Wildman–Crippen LogP) is 5.33. The largest absolute Gasteiger partial charge is 0.495 e. The molecule has 74 heavy (non-hydrogen) atoms. The minimum atomic E-state index is -3.66. The van der Waals surface area contributed by atoms with E-state index in [0.29, 0.717) is 70.5 Å². The quantitative estimate of drug-likeness (QED) is 0.118. The zero-order valence-corrected chi connectivity index (χ0v) is 42.4. The SMILES string of the molecule is COc1cc(C(=O)NC2CCN(C(=O)COC(C)(C)CCOC(C)(C)CCNc3cccc4c3C(=O)N(C3CCC(=O)NC3=O)C4=O)CC2)c(F)cc1Nc1ncc2c(n1)N(C1CCCC1)CC(F)(F)C(=O)N2C. The third-order valence-corrected chi connectivity index (χ3v) is 14.4. The van der Waals surface area contributed by atoms with Crippen LogP contribution in [0.2, 0.25) is 0 Å². The molecule has 1 saturated carbocycles. The fourth-order valence-corrected chi connectivity index (χ4v) is 9.98. The number of carbonyl (C=O) groups excluding carboxylic acids is 7. The molecule has 0 spiro atoms. The Morgan fingerprint density at radius 2 is 1.64 bits per heavy atom. The summed E-state index contributed by atoms with van der Waals surface area (Å²) in [5.41, 5.74) is -0.611. The first-order valence-electron chi connectivity index (χ1n) is 25.0. The van der Waals surface area contributed by atoms with Crippen LogP contribution in [0.5, 0.6) is 5.75 Å². The monoisotopic (exact) mass is 1030 g/mol. The lowest BCUT2D eigenvalue weighted by molar-refractivity contribution is -0.145. The number of imide groups is 2. The number of halogens is 3. The van der Waals surface area contributed by atoms with Crippen LogP contribution in [0.3, 0.4) is 0 Å². The summed E-state index contributed by atoms with van der Waals surface area (Å²) in [6, 6.07) is 5.52. The Kier molecular flexibility index (Phi) is 15.5. The molecule has 3 fully saturated rings. The highest BCUT2D eigenvalue weighted by Gasteiger charge is 2.49. The van der Waals surface area contributed by atoms with Crippen molar-refractivity contribution in [3.8, 4) is 5.75 Å². The van der Waals surface area contributed by atoms with E-state index >= 15 is 13.2 Å². The Hall–Kier alpha value is -6.88. The lowest BCUT2D eigenvalue weighted by Gasteiger charge is -2.34. The van der Waals surface area contributed by atoms with Gasteiger partial charge in [0.1, 0.15) is 29.9 Å². The normalized spacial score (nSPS) is 19.6. The average Bonchev–Trinajstić information content (AvgIpc) is 3.97. The molecular formula is C51H63F3N10O10. The number of ether oxygens (including phenoxy) is 3. The van der Waals surface area contributed by atoms with Crippen molar-refractivity contribution < 1.29 is 60.9 Å². The number of carbonyl (C=O) groups is 7. The van der Waals surface area contributed by atoms with E-state index in [1.807, 2.05) is 27.7 Å². The second-order valence-electron chi connectivity index (χ2n) is 20.6. The van der Waals surface area contributed by atoms with Crippen LogP contribution in [-0.4, -0.2) is 150 Å². The van der Waals surface area contributed by atoms with Gasteiger partial charge in [-0.3, -0.25) is 43.8 Å². The fourth-order valence-electron chi connectivity index (χ4n) is 9.98. The molecule has 1 aliphatic carbocycles. The number of amides is 7. The van der Waals surface area contributed by atoms with Gasteiger partial charge in [-0.2, -0.15) is 13.8 Å². The Balaban J connectivity index is 0.772. The first-order chi connectivity index (χ1) is 35.1. The van der Waals surface area contributed by atoms with Gasteiger partial charge < -0.3 is 44.9 Å². The molecule has 1 atom stereocenters. The summed E-state index contributed by atoms with van der Waals surface area (Å²) in [4.78, 5) is 104. The van der Waals surface area contributed by atoms with Gasteiger partial charge in [0, 0.05) is 56.9 Å². The number of rotatable bonds is 18. The molecule has 20 nitrogen and oxygen atoms in total. The molecule has 23 heteroatoms. The molecule has 4 aliphatic heterocycles. The molecule has 398 valence electrons. The zero-order chi connectivity index (χ0) is 53.3. The lowest BCUT2D eigenvalue weighted by atomic mass is 10.0. The summed E-state index contributed by atoms with van der Waals surface area (Å²) in [6.07, 6.45) is 6.20. The van der Waals surface area contributed by atoms with Crippen molar-refractivity contribution in [2.45, 2.75) is 127 Å². The molecule has 5 aliphatic rings. The van der Waals surface area contributed by atoms with Crippen molar-refractivity contribution in [2.75, 3.05) is 74.0 Å². The number of anilines is 5. The number of fused-ring (bicyclic) bond motifs is 2. The Morgan fingerprint density at radius 1 is 0.919 bits per heavy atom. The maximum atomic E-state index is 15.7. The number of benzene rings is 2. The van der Waals surface area contributed by atoms with Crippen molar-refractivity contribution in [3.63, 3.8) is 0 Å². The third-order valence-electron chi connectivity index (χ3n) is 14.4. The van der Waals surface area contributed by atoms with Crippen LogP contribution in [0.1, 0.15) is 123 Å². The number of methoxy groups -OCH3 is 1. The lowest BCUT2D eigenvalue weighted by Crippen LogP contribution is -2.54. The number of hydrogen-bond acceptors (Lipinski definition) is 15. The molecule has 7 amide bonds. The molecule has 0 radical (unpaired) electrons. The molecule has 4 N–H and O–H groups in total. The maximum Gasteiger partial charge on any atom is 0.342 e. The van der Waals surface area contributed by atoms with Gasteiger partial charge in [0.05, 0.1) is 60.0 Å². The minimum absolute atomic E-state index is 0.0277. The van der Waals surface area contributed by atoms with Crippen molar-refractivity contribution in [1.29, 1.82) is 0 Å². The van der Waals surface area contributed by atoms with Crippen LogP contribution < -0.4 is 35.8 Å². The summed E-state index contributed by atoms with van der Waals surface area (Å²) in [7, 11) is 2.59. The first-order valence-corrected chi connectivity index (χ1v) is 25.0. The number of hydrogen-bond donors (Lipinski definition) is 4. The molecule has 0 bridgehead atoms. The summed E-state index contributed by atoms with van der Waals surface area (Å²) < 4.78 is 63.7. The van der Waals surface area contributed by atoms with Gasteiger partial charge in [0.2, 0.25) is 23.7 Å². The predicted molar refractivity (Wildman–Crippen MR) is 264 cm³/mol. The molecule has 1 unspecified atom stereocenters. The van der Waals surface area contributed by atoms with E-state index in [1.165, 1.54) is 37.4 Å². The van der Waals surface area contributed by atoms with E-state index in [4.69, 9.17) is 14.2 Å². The van der Waals surface area contributed by atoms with E-state index < -0.39 is 71.0 Å². The van der Waals surface area contributed by atoms with Crippen molar-refractivity contribution >= 4 is 70.2 Å². The van der Waals surface area contributed by atoms with Crippen molar-refractivity contribution in [2.24, 2.45) is 0 Å². The highest BCUT2D eigenvalue weighted by atomic mass is 19.3. The van der Waals surface area contributed by atoms with Gasteiger partial charge in [0.25, 0.3) is 23.6 Å². The molecular weight excluding hydrogens is 970 g/mol. The number of alkyl halides is 2. The number of nitrogens with one attached hydrogen (secondary N) is 4. The van der Waals surface area contributed by atoms with Crippen LogP contribution in [0.4, 0.5) is 42.0 Å². The van der Waals surface area contributed by atoms with Crippen LogP contribution in [0.25, 0.3) is 0 Å². The molecule has 5 heterocycles. The first kappa shape index (κ1) is 53.4. The highest BCUT2D eigenvalue weighted by molar-refractivity contribution is 6.25. The number of aromatic nitrogens is 2.